The summed E-state index contributed by atoms with van der Waals surface area (Å²) in [7, 11) is 1.66. The van der Waals surface area contributed by atoms with E-state index in [2.05, 4.69) is 32.0 Å². The van der Waals surface area contributed by atoms with E-state index >= 15 is 0 Å². The fourth-order valence-electron chi connectivity index (χ4n) is 2.16. The van der Waals surface area contributed by atoms with Gasteiger partial charge in [0.25, 0.3) is 0 Å². The van der Waals surface area contributed by atoms with Crippen molar-refractivity contribution >= 4 is 18.0 Å². The Morgan fingerprint density at radius 1 is 1.15 bits per heavy atom. The average Bonchev–Trinajstić information content (AvgIpc) is 2.46. The van der Waals surface area contributed by atoms with Crippen molar-refractivity contribution in [1.29, 1.82) is 0 Å². The van der Waals surface area contributed by atoms with Gasteiger partial charge in [-0.05, 0) is 43.2 Å². The van der Waals surface area contributed by atoms with Gasteiger partial charge in [-0.15, -0.1) is 11.8 Å². The fraction of sp³-hybridized carbons (Fsp3) is 0.235. The number of aryl methyl sites for hydroxylation is 2. The largest absolute Gasteiger partial charge is 0.496 e. The second kappa shape index (κ2) is 6.62. The first kappa shape index (κ1) is 14.7. The van der Waals surface area contributed by atoms with Crippen molar-refractivity contribution in [3.05, 3.63) is 58.7 Å². The van der Waals surface area contributed by atoms with Crippen LogP contribution in [0.1, 0.15) is 27.0 Å². The Balaban J connectivity index is 2.24. The normalized spacial score (nSPS) is 10.3. The summed E-state index contributed by atoms with van der Waals surface area (Å²) in [6, 6.07) is 11.8. The quantitative estimate of drug-likeness (QED) is 0.601. The zero-order valence-electron chi connectivity index (χ0n) is 12.0. The number of carbonyl (C=O) groups is 1. The van der Waals surface area contributed by atoms with Crippen LogP contribution in [-0.4, -0.2) is 13.4 Å². The summed E-state index contributed by atoms with van der Waals surface area (Å²) in [5.74, 6) is 1.62. The van der Waals surface area contributed by atoms with E-state index < -0.39 is 0 Å². The molecule has 20 heavy (non-hydrogen) atoms. The molecule has 0 aromatic heterocycles. The summed E-state index contributed by atoms with van der Waals surface area (Å²) in [4.78, 5) is 12.2. The van der Waals surface area contributed by atoms with Gasteiger partial charge < -0.3 is 4.74 Å². The lowest BCUT2D eigenvalue weighted by Crippen LogP contribution is -1.93. The maximum absolute atomic E-state index is 10.9. The van der Waals surface area contributed by atoms with Crippen molar-refractivity contribution in [2.45, 2.75) is 24.5 Å². The van der Waals surface area contributed by atoms with Crippen LogP contribution in [0.4, 0.5) is 0 Å². The molecule has 2 rings (SSSR count). The second-order valence-electron chi connectivity index (χ2n) is 4.70. The van der Waals surface area contributed by atoms with Crippen LogP contribution in [0.2, 0.25) is 0 Å². The number of aldehydes is 1. The van der Waals surface area contributed by atoms with E-state index in [1.54, 1.807) is 24.9 Å². The van der Waals surface area contributed by atoms with Crippen molar-refractivity contribution < 1.29 is 9.53 Å². The van der Waals surface area contributed by atoms with Gasteiger partial charge >= 0.3 is 0 Å². The van der Waals surface area contributed by atoms with Gasteiger partial charge in [0.1, 0.15) is 12.0 Å². The molecular formula is C17H18O2S. The molecule has 0 spiro atoms. The molecule has 2 aromatic carbocycles. The number of hydrogen-bond acceptors (Lipinski definition) is 3. The standard InChI is InChI=1S/C17H18O2S/c1-12-5-4-6-13(2)17(12)20-11-15-9-14(10-18)7-8-16(15)19-3/h4-10H,11H2,1-3H3. The zero-order chi connectivity index (χ0) is 14.5. The molecule has 104 valence electrons. The smallest absolute Gasteiger partial charge is 0.150 e. The van der Waals surface area contributed by atoms with E-state index in [1.807, 2.05) is 12.1 Å². The third kappa shape index (κ3) is 3.23. The van der Waals surface area contributed by atoms with Crippen LogP contribution >= 0.6 is 11.8 Å². The highest BCUT2D eigenvalue weighted by atomic mass is 32.2. The highest BCUT2D eigenvalue weighted by Crippen LogP contribution is 2.32. The van der Waals surface area contributed by atoms with Crippen molar-refractivity contribution in [2.75, 3.05) is 7.11 Å². The molecule has 0 unspecified atom stereocenters. The van der Waals surface area contributed by atoms with E-state index in [4.69, 9.17) is 4.74 Å². The van der Waals surface area contributed by atoms with E-state index in [0.717, 1.165) is 23.4 Å². The topological polar surface area (TPSA) is 26.3 Å². The summed E-state index contributed by atoms with van der Waals surface area (Å²) < 4.78 is 5.36. The van der Waals surface area contributed by atoms with E-state index in [1.165, 1.54) is 16.0 Å². The Kier molecular flexibility index (Phi) is 4.85. The van der Waals surface area contributed by atoms with E-state index in [-0.39, 0.29) is 0 Å². The zero-order valence-corrected chi connectivity index (χ0v) is 12.8. The predicted octanol–water partition coefficient (Wildman–Crippen LogP) is 4.42. The summed E-state index contributed by atoms with van der Waals surface area (Å²) in [6.45, 7) is 4.24. The SMILES string of the molecule is COc1ccc(C=O)cc1CSc1c(C)cccc1C. The van der Waals surface area contributed by atoms with Crippen LogP contribution in [0.3, 0.4) is 0 Å². The Morgan fingerprint density at radius 2 is 1.85 bits per heavy atom. The monoisotopic (exact) mass is 286 g/mol. The molecule has 2 aromatic rings. The van der Waals surface area contributed by atoms with E-state index in [9.17, 15) is 4.79 Å². The molecule has 2 nitrogen and oxygen atoms in total. The summed E-state index contributed by atoms with van der Waals surface area (Å²) in [6.07, 6.45) is 0.868. The molecule has 3 heteroatoms. The average molecular weight is 286 g/mol. The van der Waals surface area contributed by atoms with Gasteiger partial charge in [0.05, 0.1) is 7.11 Å². The minimum atomic E-state index is 0.683. The first-order chi connectivity index (χ1) is 9.65. The van der Waals surface area contributed by atoms with Crippen molar-refractivity contribution in [3.8, 4) is 5.75 Å². The number of ether oxygens (including phenoxy) is 1. The van der Waals surface area contributed by atoms with Gasteiger partial charge in [0.2, 0.25) is 0 Å². The first-order valence-corrected chi connectivity index (χ1v) is 7.45. The minimum absolute atomic E-state index is 0.683. The second-order valence-corrected chi connectivity index (χ2v) is 5.68. The lowest BCUT2D eigenvalue weighted by molar-refractivity contribution is 0.112. The van der Waals surface area contributed by atoms with Crippen LogP contribution in [0.15, 0.2) is 41.3 Å². The molecule has 0 aliphatic heterocycles. The van der Waals surface area contributed by atoms with Crippen LogP contribution < -0.4 is 4.74 Å². The van der Waals surface area contributed by atoms with Gasteiger partial charge in [-0.3, -0.25) is 4.79 Å². The molecule has 0 fully saturated rings. The lowest BCUT2D eigenvalue weighted by atomic mass is 10.1. The Morgan fingerprint density at radius 3 is 2.45 bits per heavy atom. The Bertz CT molecular complexity index is 600. The highest BCUT2D eigenvalue weighted by Gasteiger charge is 2.08. The molecule has 0 heterocycles. The van der Waals surface area contributed by atoms with Gasteiger partial charge in [-0.25, -0.2) is 0 Å². The number of carbonyl (C=O) groups excluding carboxylic acids is 1. The first-order valence-electron chi connectivity index (χ1n) is 6.47. The number of methoxy groups -OCH3 is 1. The lowest BCUT2D eigenvalue weighted by Gasteiger charge is -2.12. The number of rotatable bonds is 5. The van der Waals surface area contributed by atoms with Crippen molar-refractivity contribution in [1.82, 2.24) is 0 Å². The molecule has 0 N–H and O–H groups in total. The van der Waals surface area contributed by atoms with Gasteiger partial charge in [-0.1, -0.05) is 18.2 Å². The van der Waals surface area contributed by atoms with Gasteiger partial charge in [-0.2, -0.15) is 0 Å². The predicted molar refractivity (Wildman–Crippen MR) is 83.9 cm³/mol. The molecule has 0 saturated heterocycles. The molecule has 0 bridgehead atoms. The van der Waals surface area contributed by atoms with Gasteiger partial charge in [0.15, 0.2) is 0 Å². The van der Waals surface area contributed by atoms with Crippen LogP contribution in [0.5, 0.6) is 5.75 Å². The van der Waals surface area contributed by atoms with Crippen molar-refractivity contribution in [2.24, 2.45) is 0 Å². The molecule has 0 saturated carbocycles. The number of benzene rings is 2. The molecule has 0 aliphatic carbocycles. The Hall–Kier alpha value is -1.74. The molecule has 0 amide bonds. The maximum Gasteiger partial charge on any atom is 0.150 e. The Labute approximate surface area is 124 Å². The third-order valence-electron chi connectivity index (χ3n) is 3.22. The van der Waals surface area contributed by atoms with Crippen molar-refractivity contribution in [3.63, 3.8) is 0 Å². The van der Waals surface area contributed by atoms with Crippen LogP contribution in [-0.2, 0) is 5.75 Å². The summed E-state index contributed by atoms with van der Waals surface area (Å²) >= 11 is 1.78. The molecule has 0 aliphatic rings. The minimum Gasteiger partial charge on any atom is -0.496 e. The van der Waals surface area contributed by atoms with Gasteiger partial charge in [0, 0.05) is 21.8 Å². The molecule has 0 radical (unpaired) electrons. The summed E-state index contributed by atoms with van der Waals surface area (Å²) in [5.41, 5.74) is 4.29. The fourth-order valence-corrected chi connectivity index (χ4v) is 3.28. The highest BCUT2D eigenvalue weighted by molar-refractivity contribution is 7.98. The number of hydrogen-bond donors (Lipinski definition) is 0. The molecular weight excluding hydrogens is 268 g/mol. The third-order valence-corrected chi connectivity index (χ3v) is 4.61. The van der Waals surface area contributed by atoms with Crippen LogP contribution in [0.25, 0.3) is 0 Å². The molecule has 0 atom stereocenters. The number of thioether (sulfide) groups is 1. The van der Waals surface area contributed by atoms with E-state index in [0.29, 0.717) is 5.56 Å². The maximum atomic E-state index is 10.9. The van der Waals surface area contributed by atoms with Crippen LogP contribution in [0, 0.1) is 13.8 Å². The summed E-state index contributed by atoms with van der Waals surface area (Å²) in [5, 5.41) is 0.